The Kier molecular flexibility index (Phi) is 5.54. The van der Waals surface area contributed by atoms with Gasteiger partial charge in [-0.05, 0) is 36.5 Å². The van der Waals surface area contributed by atoms with Gasteiger partial charge in [0.15, 0.2) is 0 Å². The zero-order valence-corrected chi connectivity index (χ0v) is 14.4. The van der Waals surface area contributed by atoms with Gasteiger partial charge in [0.25, 0.3) is 0 Å². The monoisotopic (exact) mass is 350 g/mol. The van der Waals surface area contributed by atoms with Crippen molar-refractivity contribution in [3.05, 3.63) is 27.7 Å². The lowest BCUT2D eigenvalue weighted by atomic mass is 10.2. The van der Waals surface area contributed by atoms with E-state index < -0.39 is 10.0 Å². The number of rotatable bonds is 7. The van der Waals surface area contributed by atoms with Crippen molar-refractivity contribution in [3.8, 4) is 0 Å². The van der Waals surface area contributed by atoms with E-state index in [-0.39, 0.29) is 15.8 Å². The molecule has 0 aromatic heterocycles. The van der Waals surface area contributed by atoms with Crippen LogP contribution in [-0.4, -0.2) is 21.0 Å². The first-order valence-corrected chi connectivity index (χ1v) is 9.24. The lowest BCUT2D eigenvalue weighted by molar-refractivity contribution is 0.560. The topological polar surface area (TPSA) is 58.2 Å². The van der Waals surface area contributed by atoms with Crippen LogP contribution in [0, 0.1) is 5.92 Å². The molecule has 4 nitrogen and oxygen atoms in total. The smallest absolute Gasteiger partial charge is 0.242 e. The highest BCUT2D eigenvalue weighted by molar-refractivity contribution is 7.89. The summed E-state index contributed by atoms with van der Waals surface area (Å²) >= 11 is 12.3. The molecule has 1 aromatic carbocycles. The minimum Gasteiger partial charge on any atom is -0.310 e. The summed E-state index contributed by atoms with van der Waals surface area (Å²) in [5, 5.41) is 3.92. The van der Waals surface area contributed by atoms with Gasteiger partial charge in [0.2, 0.25) is 10.0 Å². The molecule has 0 saturated heterocycles. The molecule has 0 radical (unpaired) electrons. The maximum absolute atomic E-state index is 12.3. The van der Waals surface area contributed by atoms with Gasteiger partial charge in [-0.2, -0.15) is 0 Å². The van der Waals surface area contributed by atoms with Crippen LogP contribution >= 0.6 is 23.2 Å². The maximum Gasteiger partial charge on any atom is 0.242 e. The van der Waals surface area contributed by atoms with Gasteiger partial charge >= 0.3 is 0 Å². The third kappa shape index (κ3) is 4.83. The molecule has 1 fully saturated rings. The van der Waals surface area contributed by atoms with Crippen molar-refractivity contribution >= 4 is 33.2 Å². The van der Waals surface area contributed by atoms with Crippen LogP contribution in [0.25, 0.3) is 0 Å². The van der Waals surface area contributed by atoms with E-state index in [0.29, 0.717) is 29.7 Å². The molecule has 1 aliphatic carbocycles. The highest BCUT2D eigenvalue weighted by Crippen LogP contribution is 2.30. The Bertz CT molecular complexity index is 614. The molecule has 7 heteroatoms. The van der Waals surface area contributed by atoms with E-state index in [4.69, 9.17) is 23.2 Å². The Balaban J connectivity index is 2.24. The van der Waals surface area contributed by atoms with Gasteiger partial charge in [-0.25, -0.2) is 13.1 Å². The molecule has 21 heavy (non-hydrogen) atoms. The van der Waals surface area contributed by atoms with Gasteiger partial charge < -0.3 is 5.32 Å². The molecule has 0 bridgehead atoms. The number of benzene rings is 1. The fourth-order valence-corrected chi connectivity index (χ4v) is 3.98. The summed E-state index contributed by atoms with van der Waals surface area (Å²) in [6, 6.07) is 3.62. The van der Waals surface area contributed by atoms with Gasteiger partial charge in [-0.15, -0.1) is 0 Å². The molecule has 0 spiro atoms. The second-order valence-corrected chi connectivity index (χ2v) is 8.33. The van der Waals surface area contributed by atoms with Crippen molar-refractivity contribution in [3.63, 3.8) is 0 Å². The van der Waals surface area contributed by atoms with Crippen molar-refractivity contribution in [2.45, 2.75) is 44.2 Å². The van der Waals surface area contributed by atoms with Crippen LogP contribution in [0.15, 0.2) is 17.0 Å². The van der Waals surface area contributed by atoms with Crippen molar-refractivity contribution in [2.75, 3.05) is 6.54 Å². The summed E-state index contributed by atoms with van der Waals surface area (Å²) in [5.74, 6) is 0.216. The second-order valence-electron chi connectivity index (χ2n) is 5.78. The van der Waals surface area contributed by atoms with Crippen molar-refractivity contribution in [1.82, 2.24) is 10.0 Å². The molecule has 0 atom stereocenters. The Morgan fingerprint density at radius 1 is 1.29 bits per heavy atom. The van der Waals surface area contributed by atoms with Gasteiger partial charge in [0.05, 0.1) is 5.02 Å². The maximum atomic E-state index is 12.3. The summed E-state index contributed by atoms with van der Waals surface area (Å²) in [6.45, 7) is 4.76. The average molecular weight is 351 g/mol. The van der Waals surface area contributed by atoms with Gasteiger partial charge in [-0.1, -0.05) is 37.0 Å². The van der Waals surface area contributed by atoms with Crippen LogP contribution in [0.1, 0.15) is 32.3 Å². The number of sulfonamides is 1. The molecule has 1 aliphatic rings. The lowest BCUT2D eigenvalue weighted by Crippen LogP contribution is -2.28. The van der Waals surface area contributed by atoms with Crippen LogP contribution in [0.2, 0.25) is 10.0 Å². The van der Waals surface area contributed by atoms with E-state index in [1.807, 2.05) is 13.8 Å². The van der Waals surface area contributed by atoms with Crippen LogP contribution in [-0.2, 0) is 16.6 Å². The summed E-state index contributed by atoms with van der Waals surface area (Å²) in [4.78, 5) is 0.0462. The fraction of sp³-hybridized carbons (Fsp3) is 0.571. The number of halogens is 2. The van der Waals surface area contributed by atoms with Gasteiger partial charge in [0, 0.05) is 24.2 Å². The fourth-order valence-electron chi connectivity index (χ4n) is 1.84. The van der Waals surface area contributed by atoms with Crippen LogP contribution in [0.4, 0.5) is 0 Å². The van der Waals surface area contributed by atoms with E-state index in [0.717, 1.165) is 12.8 Å². The molecule has 2 rings (SSSR count). The summed E-state index contributed by atoms with van der Waals surface area (Å²) in [6.07, 6.45) is 2.30. The van der Waals surface area contributed by atoms with Gasteiger partial charge in [0.1, 0.15) is 4.90 Å². The summed E-state index contributed by atoms with van der Waals surface area (Å²) in [5.41, 5.74) is 0.709. The van der Waals surface area contributed by atoms with Crippen molar-refractivity contribution < 1.29 is 8.42 Å². The third-order valence-corrected chi connectivity index (χ3v) is 5.43. The van der Waals surface area contributed by atoms with Crippen molar-refractivity contribution in [2.24, 2.45) is 5.92 Å². The predicted octanol–water partition coefficient (Wildman–Crippen LogP) is 3.18. The Hall–Kier alpha value is -0.330. The Labute approximate surface area is 136 Å². The zero-order chi connectivity index (χ0) is 15.6. The summed E-state index contributed by atoms with van der Waals surface area (Å²) < 4.78 is 27.2. The first kappa shape index (κ1) is 17.0. The molecule has 0 aliphatic heterocycles. The van der Waals surface area contributed by atoms with E-state index >= 15 is 0 Å². The molecular formula is C14H20Cl2N2O2S. The largest absolute Gasteiger partial charge is 0.310 e. The first-order valence-electron chi connectivity index (χ1n) is 7.00. The lowest BCUT2D eigenvalue weighted by Gasteiger charge is -2.14. The number of nitrogens with one attached hydrogen (secondary N) is 2. The summed E-state index contributed by atoms with van der Waals surface area (Å²) in [7, 11) is -3.65. The molecule has 2 N–H and O–H groups in total. The van der Waals surface area contributed by atoms with Crippen LogP contribution < -0.4 is 10.0 Å². The molecular weight excluding hydrogens is 331 g/mol. The predicted molar refractivity (Wildman–Crippen MR) is 86.4 cm³/mol. The van der Waals surface area contributed by atoms with E-state index in [2.05, 4.69) is 10.0 Å². The van der Waals surface area contributed by atoms with Crippen molar-refractivity contribution in [1.29, 1.82) is 0 Å². The second kappa shape index (κ2) is 6.84. The molecule has 1 aromatic rings. The Morgan fingerprint density at radius 2 is 1.95 bits per heavy atom. The first-order chi connectivity index (χ1) is 9.79. The van der Waals surface area contributed by atoms with Crippen LogP contribution in [0.3, 0.4) is 0 Å². The molecule has 1 saturated carbocycles. The minimum atomic E-state index is -3.65. The molecule has 118 valence electrons. The highest BCUT2D eigenvalue weighted by Gasteiger charge is 2.24. The normalized spacial score (nSPS) is 15.7. The van der Waals surface area contributed by atoms with E-state index in [1.54, 1.807) is 6.07 Å². The number of hydrogen-bond acceptors (Lipinski definition) is 3. The number of hydrogen-bond donors (Lipinski definition) is 2. The van der Waals surface area contributed by atoms with Gasteiger partial charge in [-0.3, -0.25) is 0 Å². The average Bonchev–Trinajstić information content (AvgIpc) is 3.21. The quantitative estimate of drug-likeness (QED) is 0.793. The molecule has 0 unspecified atom stereocenters. The standard InChI is InChI=1S/C14H20Cl2N2O2S/c1-9(2)7-18-21(19,20)13-6-11(15)5-10(14(13)16)8-17-12-3-4-12/h5-6,9,12,17-18H,3-4,7-8H2,1-2H3. The molecule has 0 heterocycles. The Morgan fingerprint density at radius 3 is 2.52 bits per heavy atom. The minimum absolute atomic E-state index is 0.0462. The zero-order valence-electron chi connectivity index (χ0n) is 12.1. The highest BCUT2D eigenvalue weighted by atomic mass is 35.5. The SMILES string of the molecule is CC(C)CNS(=O)(=O)c1cc(Cl)cc(CNC2CC2)c1Cl. The van der Waals surface area contributed by atoms with E-state index in [1.165, 1.54) is 6.07 Å². The van der Waals surface area contributed by atoms with E-state index in [9.17, 15) is 8.42 Å². The third-order valence-electron chi connectivity index (χ3n) is 3.21. The molecule has 0 amide bonds. The van der Waals surface area contributed by atoms with Crippen LogP contribution in [0.5, 0.6) is 0 Å².